The lowest BCUT2D eigenvalue weighted by Crippen LogP contribution is -2.60. The Kier molecular flexibility index (Phi) is 8.32. The molecule has 0 spiro atoms. The summed E-state index contributed by atoms with van der Waals surface area (Å²) in [5, 5.41) is 0. The van der Waals surface area contributed by atoms with Crippen LogP contribution in [0, 0.1) is 5.41 Å². The molecule has 2 aliphatic rings. The van der Waals surface area contributed by atoms with Crippen molar-refractivity contribution >= 4 is 16.1 Å². The molecule has 5 atom stereocenters. The summed E-state index contributed by atoms with van der Waals surface area (Å²) >= 11 is 0. The Morgan fingerprint density at radius 3 is 2.34 bits per heavy atom. The van der Waals surface area contributed by atoms with E-state index in [1.165, 1.54) is 7.11 Å². The molecule has 0 aromatic heterocycles. The van der Waals surface area contributed by atoms with E-state index in [4.69, 9.17) is 32.6 Å². The number of hydrogen-bond donors (Lipinski definition) is 0. The van der Waals surface area contributed by atoms with Gasteiger partial charge in [0.15, 0.2) is 17.7 Å². The summed E-state index contributed by atoms with van der Waals surface area (Å²) in [6.45, 7) is 8.22. The summed E-state index contributed by atoms with van der Waals surface area (Å²) in [6, 6.07) is 9.45. The first-order valence-electron chi connectivity index (χ1n) is 11.4. The fourth-order valence-electron chi connectivity index (χ4n) is 4.15. The minimum absolute atomic E-state index is 0.145. The van der Waals surface area contributed by atoms with E-state index in [2.05, 4.69) is 0 Å². The van der Waals surface area contributed by atoms with Gasteiger partial charge in [-0.2, -0.15) is 8.42 Å². The van der Waals surface area contributed by atoms with Gasteiger partial charge in [0.05, 0.1) is 24.9 Å². The van der Waals surface area contributed by atoms with Crippen LogP contribution in [-0.2, 0) is 54.1 Å². The van der Waals surface area contributed by atoms with E-state index >= 15 is 0 Å². The van der Waals surface area contributed by atoms with Gasteiger partial charge in [-0.25, -0.2) is 0 Å². The first-order valence-corrected chi connectivity index (χ1v) is 13.2. The Labute approximate surface area is 207 Å². The summed E-state index contributed by atoms with van der Waals surface area (Å²) in [7, 11) is -2.55. The minimum Gasteiger partial charge on any atom is -0.462 e. The maximum Gasteiger partial charge on any atom is 0.311 e. The van der Waals surface area contributed by atoms with Crippen LogP contribution in [0.1, 0.15) is 40.2 Å². The van der Waals surface area contributed by atoms with Crippen molar-refractivity contribution in [1.29, 1.82) is 0 Å². The molecule has 10 nitrogen and oxygen atoms in total. The van der Waals surface area contributed by atoms with Crippen molar-refractivity contribution in [1.82, 2.24) is 0 Å². The smallest absolute Gasteiger partial charge is 0.311 e. The molecule has 0 N–H and O–H groups in total. The fraction of sp³-hybridized carbons (Fsp3) is 0.708. The molecule has 2 aliphatic heterocycles. The summed E-state index contributed by atoms with van der Waals surface area (Å²) in [4.78, 5) is 12.5. The zero-order chi connectivity index (χ0) is 26.1. The third kappa shape index (κ3) is 6.79. The summed E-state index contributed by atoms with van der Waals surface area (Å²) in [5.41, 5.74) is -1.43. The lowest BCUT2D eigenvalue weighted by atomic mass is 9.89. The minimum atomic E-state index is -4.00. The van der Waals surface area contributed by atoms with Gasteiger partial charge in [-0.3, -0.25) is 8.98 Å². The number of rotatable bonds is 10. The molecule has 3 rings (SSSR count). The molecule has 0 bridgehead atoms. The second-order valence-corrected chi connectivity index (χ2v) is 11.9. The summed E-state index contributed by atoms with van der Waals surface area (Å²) in [5.74, 6) is -1.46. The van der Waals surface area contributed by atoms with Crippen molar-refractivity contribution in [2.24, 2.45) is 5.41 Å². The van der Waals surface area contributed by atoms with E-state index in [0.717, 1.165) is 11.8 Å². The number of methoxy groups -OCH3 is 1. The molecule has 1 aromatic rings. The Hall–Kier alpha value is -1.60. The molecular weight excluding hydrogens is 480 g/mol. The van der Waals surface area contributed by atoms with Crippen molar-refractivity contribution < 1.29 is 45.8 Å². The number of carbonyl (C=O) groups excluding carboxylic acids is 1. The third-order valence-corrected chi connectivity index (χ3v) is 6.29. The van der Waals surface area contributed by atoms with E-state index in [1.54, 1.807) is 34.6 Å². The quantitative estimate of drug-likeness (QED) is 0.339. The molecule has 198 valence electrons. The maximum absolute atomic E-state index is 12.5. The van der Waals surface area contributed by atoms with Crippen LogP contribution >= 0.6 is 0 Å². The zero-order valence-electron chi connectivity index (χ0n) is 21.3. The van der Waals surface area contributed by atoms with Gasteiger partial charge in [0, 0.05) is 7.11 Å². The molecule has 0 amide bonds. The van der Waals surface area contributed by atoms with E-state index in [1.807, 2.05) is 30.3 Å². The number of hydrogen-bond acceptors (Lipinski definition) is 10. The summed E-state index contributed by atoms with van der Waals surface area (Å²) < 4.78 is 65.4. The molecule has 0 saturated carbocycles. The van der Waals surface area contributed by atoms with Crippen LogP contribution in [0.3, 0.4) is 0 Å². The molecule has 0 aliphatic carbocycles. The van der Waals surface area contributed by atoms with Crippen molar-refractivity contribution in [3.63, 3.8) is 0 Å². The van der Waals surface area contributed by atoms with Crippen molar-refractivity contribution in [2.75, 3.05) is 26.6 Å². The van der Waals surface area contributed by atoms with Gasteiger partial charge >= 0.3 is 5.97 Å². The van der Waals surface area contributed by atoms with Gasteiger partial charge in [-0.05, 0) is 40.2 Å². The van der Waals surface area contributed by atoms with Crippen LogP contribution in [0.2, 0.25) is 0 Å². The average molecular weight is 517 g/mol. The van der Waals surface area contributed by atoms with Crippen molar-refractivity contribution in [3.05, 3.63) is 35.9 Å². The number of esters is 1. The summed E-state index contributed by atoms with van der Waals surface area (Å²) in [6.07, 6.45) is -2.81. The number of carbonyl (C=O) groups is 1. The van der Waals surface area contributed by atoms with E-state index in [0.29, 0.717) is 0 Å². The standard InChI is InChI=1S/C24H36O10S/c1-22(2,3)21(25)30-14-17(34-35(7,26)27)24(15-29-13-16-11-9-8-10-12-16)19(28-6)18-20(33-24)32-23(4,5)31-18/h8-12,17-20H,13-15H2,1-7H3/t17?,18-,19+,20+,24+/m1/s1. The van der Waals surface area contributed by atoms with Crippen molar-refractivity contribution in [2.45, 2.75) is 77.2 Å². The van der Waals surface area contributed by atoms with Gasteiger partial charge in [0.25, 0.3) is 10.1 Å². The molecule has 0 radical (unpaired) electrons. The maximum atomic E-state index is 12.5. The van der Waals surface area contributed by atoms with Crippen LogP contribution in [0.4, 0.5) is 0 Å². The Morgan fingerprint density at radius 2 is 1.77 bits per heavy atom. The van der Waals surface area contributed by atoms with E-state index in [-0.39, 0.29) is 13.2 Å². The SMILES string of the molecule is CO[C@H]1[C@H]2OC(C)(C)O[C@H]2O[C@@]1(COCc1ccccc1)C(COC(=O)C(C)(C)C)OS(C)(=O)=O. The van der Waals surface area contributed by atoms with E-state index < -0.39 is 64.1 Å². The molecule has 2 heterocycles. The van der Waals surface area contributed by atoms with E-state index in [9.17, 15) is 13.2 Å². The first-order chi connectivity index (χ1) is 16.2. The largest absolute Gasteiger partial charge is 0.462 e. The van der Waals surface area contributed by atoms with Crippen LogP contribution in [0.5, 0.6) is 0 Å². The third-order valence-electron chi connectivity index (χ3n) is 5.71. The highest BCUT2D eigenvalue weighted by molar-refractivity contribution is 7.86. The molecule has 35 heavy (non-hydrogen) atoms. The van der Waals surface area contributed by atoms with Gasteiger partial charge in [-0.1, -0.05) is 30.3 Å². The molecule has 1 unspecified atom stereocenters. The lowest BCUT2D eigenvalue weighted by molar-refractivity contribution is -0.272. The second-order valence-electron chi connectivity index (χ2n) is 10.3. The Bertz CT molecular complexity index is 972. The zero-order valence-corrected chi connectivity index (χ0v) is 22.1. The molecule has 2 saturated heterocycles. The Balaban J connectivity index is 1.94. The second kappa shape index (κ2) is 10.4. The predicted molar refractivity (Wildman–Crippen MR) is 125 cm³/mol. The van der Waals surface area contributed by atoms with Gasteiger partial charge in [0.2, 0.25) is 0 Å². The number of ether oxygens (including phenoxy) is 6. The van der Waals surface area contributed by atoms with Crippen LogP contribution in [-0.4, -0.2) is 77.0 Å². The Morgan fingerprint density at radius 1 is 1.11 bits per heavy atom. The molecule has 1 aromatic carbocycles. The fourth-order valence-corrected chi connectivity index (χ4v) is 4.79. The van der Waals surface area contributed by atoms with Gasteiger partial charge in [-0.15, -0.1) is 0 Å². The van der Waals surface area contributed by atoms with Gasteiger partial charge in [0.1, 0.15) is 24.9 Å². The van der Waals surface area contributed by atoms with Gasteiger partial charge < -0.3 is 28.4 Å². The number of fused-ring (bicyclic) bond motifs is 1. The topological polar surface area (TPSA) is 116 Å². The highest BCUT2D eigenvalue weighted by Gasteiger charge is 2.66. The monoisotopic (exact) mass is 516 g/mol. The van der Waals surface area contributed by atoms with Crippen LogP contribution < -0.4 is 0 Å². The van der Waals surface area contributed by atoms with Crippen LogP contribution in [0.15, 0.2) is 30.3 Å². The predicted octanol–water partition coefficient (Wildman–Crippen LogP) is 2.40. The molecular formula is C24H36O10S. The highest BCUT2D eigenvalue weighted by atomic mass is 32.2. The van der Waals surface area contributed by atoms with Crippen molar-refractivity contribution in [3.8, 4) is 0 Å². The molecule has 2 fully saturated rings. The first kappa shape index (κ1) is 28.0. The number of benzene rings is 1. The van der Waals surface area contributed by atoms with Crippen LogP contribution in [0.25, 0.3) is 0 Å². The average Bonchev–Trinajstić information content (AvgIpc) is 3.18. The molecule has 11 heteroatoms. The lowest BCUT2D eigenvalue weighted by Gasteiger charge is -2.40. The highest BCUT2D eigenvalue weighted by Crippen LogP contribution is 2.46. The normalized spacial score (nSPS) is 29.1.